The van der Waals surface area contributed by atoms with Gasteiger partial charge in [-0.15, -0.1) is 0 Å². The number of carbonyl (C=O) groups is 4. The molecule has 36 atom stereocenters. The number of carbonyl (C=O) groups excluding carboxylic acids is 3. The van der Waals surface area contributed by atoms with Crippen LogP contribution in [0.3, 0.4) is 0 Å². The highest BCUT2D eigenvalue weighted by atomic mass is 16.8. The van der Waals surface area contributed by atoms with Gasteiger partial charge in [0.15, 0.2) is 37.7 Å². The quantitative estimate of drug-likeness (QED) is 0.0427. The Kier molecular flexibility index (Phi) is 26.6. The molecule has 0 radical (unpaired) electrons. The van der Waals surface area contributed by atoms with E-state index in [1.54, 1.807) is 0 Å². The molecule has 7 fully saturated rings. The minimum atomic E-state index is -3.00. The van der Waals surface area contributed by atoms with Crippen LogP contribution in [0, 0.1) is 0 Å². The molecule has 41 heteroatoms. The van der Waals surface area contributed by atoms with E-state index < -0.39 is 290 Å². The van der Waals surface area contributed by atoms with Crippen LogP contribution >= 0.6 is 0 Å². The topological polar surface area (TPSA) is 649 Å². The zero-order valence-corrected chi connectivity index (χ0v) is 49.5. The van der Waals surface area contributed by atoms with Crippen molar-refractivity contribution in [2.45, 2.75) is 254 Å². The maximum absolute atomic E-state index is 12.9. The number of carboxylic acids is 1. The van der Waals surface area contributed by atoms with Crippen LogP contribution in [0.2, 0.25) is 0 Å². The highest BCUT2D eigenvalue weighted by Crippen LogP contribution is 2.39. The molecule has 0 aliphatic carbocycles. The van der Waals surface area contributed by atoms with Crippen molar-refractivity contribution in [1.82, 2.24) is 16.0 Å². The first-order chi connectivity index (χ1) is 43.2. The number of ether oxygens (including phenoxy) is 13. The van der Waals surface area contributed by atoms with Gasteiger partial charge in [0.05, 0.1) is 57.9 Å². The molecule has 0 unspecified atom stereocenters. The van der Waals surface area contributed by atoms with Crippen molar-refractivity contribution in [3.63, 3.8) is 0 Å². The van der Waals surface area contributed by atoms with Gasteiger partial charge in [0, 0.05) is 27.2 Å². The first kappa shape index (κ1) is 75.9. The number of hydrogen-bond donors (Lipinski definition) is 24. The number of amides is 3. The fourth-order valence-corrected chi connectivity index (χ4v) is 11.6. The molecule has 0 bridgehead atoms. The molecule has 7 saturated heterocycles. The third-order valence-corrected chi connectivity index (χ3v) is 16.7. The van der Waals surface area contributed by atoms with Crippen LogP contribution in [0.25, 0.3) is 0 Å². The number of nitrogens with one attached hydrogen (secondary N) is 3. The molecule has 0 spiro atoms. The summed E-state index contributed by atoms with van der Waals surface area (Å²) in [6.45, 7) is -1.99. The van der Waals surface area contributed by atoms with Gasteiger partial charge in [-0.2, -0.15) is 0 Å². The molecule has 92 heavy (non-hydrogen) atoms. The summed E-state index contributed by atoms with van der Waals surface area (Å²) in [6.07, 6.45) is -64.0. The smallest absolute Gasteiger partial charge is 0.364 e. The lowest BCUT2D eigenvalue weighted by atomic mass is 9.88. The zero-order chi connectivity index (χ0) is 68.3. The second-order valence-corrected chi connectivity index (χ2v) is 23.3. The minimum Gasteiger partial charge on any atom is -0.477 e. The number of aliphatic hydroxyl groups is 20. The first-order valence-electron chi connectivity index (χ1n) is 29.1. The standard InChI is InChI=1S/C51H85N3O38/c1-12-26(64)32(70)36(74)47(82-12)90-42-25(54-15(4)61)45(85-20(9-58)40(42)89-48-37(75)33(71)28(66)18(7-56)84-48)80-10-21-30(68)35(73)43(44(77)83-21)91-46-24(53-14(3)60)31(69)39(19(8-57)86-46)88-49-38(76)34(72)29(67)22(87-49)11-81-51(50(78)79)5-16(62)23(52-13(2)59)41(92-51)27(65)17(63)6-55/h12,16-49,55-58,62-77H,5-11H2,1-4H3,(H,52,59)(H,53,60)(H,54,61)(H,78,79)/t12-,16-,17+,18+,19+,20+,21+,22+,23+,24+,25+,26+,27+,28-,29-,30+,31+,32+,33-,34-,35-,36-,37+,38+,39+,40+,41+,42+,43-,44-,45+,46-,47-,48-,49-,51+/m0/s1. The summed E-state index contributed by atoms with van der Waals surface area (Å²) in [5.74, 6) is -7.55. The van der Waals surface area contributed by atoms with E-state index >= 15 is 0 Å². The Balaban J connectivity index is 1.05. The van der Waals surface area contributed by atoms with Gasteiger partial charge in [0.25, 0.3) is 5.79 Å². The fourth-order valence-electron chi connectivity index (χ4n) is 11.6. The van der Waals surface area contributed by atoms with Gasteiger partial charge >= 0.3 is 5.97 Å². The van der Waals surface area contributed by atoms with Crippen molar-refractivity contribution in [3.8, 4) is 0 Å². The van der Waals surface area contributed by atoms with Gasteiger partial charge in [-0.25, -0.2) is 4.79 Å². The van der Waals surface area contributed by atoms with Gasteiger partial charge < -0.3 is 185 Å². The molecule has 7 aliphatic rings. The SMILES string of the molecule is CC(=O)N[C@H]1[C@H](O[C@H]2[C@@H](O)[C@H](O)[C@@H](CO[C@@H]3O[C@H](CO)[C@@H](O[C@@H]4O[C@H](CO)[C@H](O)[C@H](O)[C@H]4O)[C@H](O[C@@H]4O[C@@H](C)[C@@H](O)[C@@H](O)[C@@H]4O)[C@H]3NC(C)=O)O[C@@H]2O)O[C@H](CO)[C@@H](O[C@@H]2O[C@H](CO[C@]3(C(=O)O)C[C@H](O)[C@@H](NC(C)=O)[C@H]([C@H](O)[C@H](O)CO)O3)[C@H](O)[C@H](O)[C@H]2O)[C@@H]1O. The second-order valence-electron chi connectivity index (χ2n) is 23.3. The third kappa shape index (κ3) is 16.6. The van der Waals surface area contributed by atoms with E-state index in [1.165, 1.54) is 6.92 Å². The molecule has 7 rings (SSSR count). The predicted molar refractivity (Wildman–Crippen MR) is 282 cm³/mol. The molecule has 7 aliphatic heterocycles. The first-order valence-corrected chi connectivity index (χ1v) is 29.1. The Hall–Kier alpha value is -3.44. The normalized spacial score (nSPS) is 47.6. The summed E-state index contributed by atoms with van der Waals surface area (Å²) < 4.78 is 75.1. The van der Waals surface area contributed by atoms with Gasteiger partial charge in [0.1, 0.15) is 159 Å². The number of aliphatic hydroxyl groups excluding tert-OH is 20. The van der Waals surface area contributed by atoms with Crippen molar-refractivity contribution in [2.24, 2.45) is 0 Å². The van der Waals surface area contributed by atoms with E-state index in [9.17, 15) is 126 Å². The van der Waals surface area contributed by atoms with E-state index in [-0.39, 0.29) is 0 Å². The van der Waals surface area contributed by atoms with Gasteiger partial charge in [-0.05, 0) is 6.92 Å². The van der Waals surface area contributed by atoms with Crippen LogP contribution in [-0.4, -0.2) is 391 Å². The average Bonchev–Trinajstić information content (AvgIpc) is 0.787. The Labute approximate surface area is 520 Å². The Morgan fingerprint density at radius 2 is 0.913 bits per heavy atom. The summed E-state index contributed by atoms with van der Waals surface area (Å²) in [7, 11) is 0. The van der Waals surface area contributed by atoms with Crippen LogP contribution in [0.5, 0.6) is 0 Å². The lowest BCUT2D eigenvalue weighted by molar-refractivity contribution is -0.380. The minimum absolute atomic E-state index is 0.799. The number of rotatable bonds is 24. The van der Waals surface area contributed by atoms with Crippen LogP contribution in [-0.2, 0) is 80.8 Å². The van der Waals surface area contributed by atoms with Crippen molar-refractivity contribution >= 4 is 23.7 Å². The van der Waals surface area contributed by atoms with Crippen LogP contribution < -0.4 is 16.0 Å². The van der Waals surface area contributed by atoms with Crippen molar-refractivity contribution in [2.75, 3.05) is 39.6 Å². The highest BCUT2D eigenvalue weighted by Gasteiger charge is 2.60. The molecule has 24 N–H and O–H groups in total. The van der Waals surface area contributed by atoms with Crippen molar-refractivity contribution in [3.05, 3.63) is 0 Å². The zero-order valence-electron chi connectivity index (χ0n) is 49.5. The van der Waals surface area contributed by atoms with E-state index in [1.807, 2.05) is 0 Å². The lowest BCUT2D eigenvalue weighted by Crippen LogP contribution is -2.70. The molecule has 532 valence electrons. The molecule has 0 saturated carbocycles. The van der Waals surface area contributed by atoms with E-state index in [0.717, 1.165) is 20.8 Å². The van der Waals surface area contributed by atoms with Crippen LogP contribution in [0.15, 0.2) is 0 Å². The maximum Gasteiger partial charge on any atom is 0.364 e. The van der Waals surface area contributed by atoms with Gasteiger partial charge in [0.2, 0.25) is 17.7 Å². The average molecular weight is 1350 g/mol. The summed E-state index contributed by atoms with van der Waals surface area (Å²) in [4.78, 5) is 50.4. The Morgan fingerprint density at radius 1 is 0.467 bits per heavy atom. The largest absolute Gasteiger partial charge is 0.477 e. The van der Waals surface area contributed by atoms with Gasteiger partial charge in [-0.1, -0.05) is 0 Å². The monoisotopic (exact) mass is 1350 g/mol. The number of hydrogen-bond acceptors (Lipinski definition) is 37. The van der Waals surface area contributed by atoms with E-state index in [4.69, 9.17) is 61.6 Å². The number of aliphatic carboxylic acids is 1. The summed E-state index contributed by atoms with van der Waals surface area (Å²) in [5.41, 5.74) is 0. The molecular formula is C51H85N3O38. The maximum atomic E-state index is 12.9. The van der Waals surface area contributed by atoms with Gasteiger partial charge in [-0.3, -0.25) is 14.4 Å². The Morgan fingerprint density at radius 3 is 1.47 bits per heavy atom. The molecule has 0 aromatic rings. The fraction of sp³-hybridized carbons (Fsp3) is 0.922. The molecule has 0 aromatic heterocycles. The van der Waals surface area contributed by atoms with Crippen molar-refractivity contribution in [1.29, 1.82) is 0 Å². The van der Waals surface area contributed by atoms with Crippen molar-refractivity contribution < 1.29 is 188 Å². The Bertz CT molecular complexity index is 2400. The molecule has 3 amide bonds. The molecule has 7 heterocycles. The highest BCUT2D eigenvalue weighted by molar-refractivity contribution is 5.77. The summed E-state index contributed by atoms with van der Waals surface area (Å²) in [6, 6.07) is -5.20. The summed E-state index contributed by atoms with van der Waals surface area (Å²) in [5, 5.41) is 233. The van der Waals surface area contributed by atoms with E-state index in [2.05, 4.69) is 16.0 Å². The number of carboxylic acid groups (broad SMARTS) is 1. The second kappa shape index (κ2) is 32.3. The molecule has 41 nitrogen and oxygen atoms in total. The predicted octanol–water partition coefficient (Wildman–Crippen LogP) is -15.6. The van der Waals surface area contributed by atoms with E-state index in [0.29, 0.717) is 0 Å². The summed E-state index contributed by atoms with van der Waals surface area (Å²) >= 11 is 0. The lowest BCUT2D eigenvalue weighted by Gasteiger charge is -2.50. The molecular weight excluding hydrogens is 1260 g/mol. The van der Waals surface area contributed by atoms with Crippen LogP contribution in [0.1, 0.15) is 34.1 Å². The molecule has 0 aromatic carbocycles. The third-order valence-electron chi connectivity index (χ3n) is 16.7. The van der Waals surface area contributed by atoms with Crippen LogP contribution in [0.4, 0.5) is 0 Å².